The number of halogens is 2. The second kappa shape index (κ2) is 9.80. The third-order valence-corrected chi connectivity index (χ3v) is 4.72. The van der Waals surface area contributed by atoms with Crippen molar-refractivity contribution in [2.75, 3.05) is 0 Å². The normalized spacial score (nSPS) is 10.6. The first-order chi connectivity index (χ1) is 13.7. The lowest BCUT2D eigenvalue weighted by Gasteiger charge is -2.09. The summed E-state index contributed by atoms with van der Waals surface area (Å²) in [6.45, 7) is 0.822. The van der Waals surface area contributed by atoms with E-state index in [0.29, 0.717) is 34.5 Å². The highest BCUT2D eigenvalue weighted by Crippen LogP contribution is 2.24. The van der Waals surface area contributed by atoms with Crippen LogP contribution >= 0.6 is 23.2 Å². The first kappa shape index (κ1) is 19.8. The van der Waals surface area contributed by atoms with Crippen molar-refractivity contribution in [3.05, 3.63) is 99.0 Å². The number of para-hydroxylation sites is 1. The third-order valence-electron chi connectivity index (χ3n) is 4.01. The lowest BCUT2D eigenvalue weighted by Crippen LogP contribution is -2.07. The monoisotopic (exact) mass is 409 g/mol. The van der Waals surface area contributed by atoms with Crippen molar-refractivity contribution >= 4 is 29.4 Å². The summed E-state index contributed by atoms with van der Waals surface area (Å²) in [5.41, 5.74) is 6.21. The van der Waals surface area contributed by atoms with E-state index in [1.807, 2.05) is 36.4 Å². The molecule has 28 heavy (non-hydrogen) atoms. The minimum Gasteiger partial charge on any atom is -0.488 e. The number of nitrogens with zero attached hydrogens (tertiary/aromatic N) is 2. The van der Waals surface area contributed by atoms with Gasteiger partial charge in [-0.1, -0.05) is 53.5 Å². The molecule has 0 spiro atoms. The van der Waals surface area contributed by atoms with Crippen molar-refractivity contribution in [1.82, 2.24) is 5.43 Å². The molecule has 0 unspecified atom stereocenters. The fourth-order valence-corrected chi connectivity index (χ4v) is 3.03. The molecule has 0 atom stereocenters. The van der Waals surface area contributed by atoms with Crippen LogP contribution in [0.4, 0.5) is 0 Å². The number of hydrazone groups is 1. The Morgan fingerprint density at radius 1 is 0.964 bits per heavy atom. The first-order valence-corrected chi connectivity index (χ1v) is 9.32. The van der Waals surface area contributed by atoms with Gasteiger partial charge in [0.1, 0.15) is 12.4 Å². The molecule has 0 aliphatic heterocycles. The summed E-state index contributed by atoms with van der Waals surface area (Å²) in [4.78, 5) is 0. The van der Waals surface area contributed by atoms with Gasteiger partial charge < -0.3 is 10.2 Å². The van der Waals surface area contributed by atoms with Gasteiger partial charge in [-0.2, -0.15) is 10.4 Å². The Labute approximate surface area is 174 Å². The number of hydrogen-bond acceptors (Lipinski definition) is 4. The molecule has 0 saturated heterocycles. The average Bonchev–Trinajstić information content (AvgIpc) is 2.72. The summed E-state index contributed by atoms with van der Waals surface area (Å²) in [7, 11) is 0. The molecule has 6 heteroatoms. The Morgan fingerprint density at radius 3 is 2.39 bits per heavy atom. The molecule has 1 N–H and O–H groups in total. The highest BCUT2D eigenvalue weighted by Gasteiger charge is 2.05. The highest BCUT2D eigenvalue weighted by molar-refractivity contribution is 6.35. The fraction of sp³-hybridized carbons (Fsp3) is 0.0909. The maximum atomic E-state index is 8.86. The first-order valence-electron chi connectivity index (χ1n) is 8.57. The highest BCUT2D eigenvalue weighted by atomic mass is 35.5. The van der Waals surface area contributed by atoms with Crippen LogP contribution in [0.2, 0.25) is 10.0 Å². The van der Waals surface area contributed by atoms with Crippen LogP contribution in [-0.2, 0) is 13.2 Å². The molecule has 140 valence electrons. The molecule has 0 aliphatic carbocycles. The van der Waals surface area contributed by atoms with E-state index in [2.05, 4.69) is 16.6 Å². The van der Waals surface area contributed by atoms with Crippen LogP contribution in [0.3, 0.4) is 0 Å². The van der Waals surface area contributed by atoms with Crippen molar-refractivity contribution < 1.29 is 4.74 Å². The standard InChI is InChI=1S/C22H17Cl2N3O/c23-20-5-3-6-21(24)19(20)14-27-26-13-18-4-1-2-7-22(18)28-15-17-10-8-16(12-25)9-11-17/h1-11,13,27H,14-15H2/b26-13-. The van der Waals surface area contributed by atoms with E-state index in [0.717, 1.165) is 16.7 Å². The van der Waals surface area contributed by atoms with Crippen molar-refractivity contribution in [3.63, 3.8) is 0 Å². The van der Waals surface area contributed by atoms with Gasteiger partial charge in [-0.25, -0.2) is 0 Å². The van der Waals surface area contributed by atoms with Crippen LogP contribution in [0.15, 0.2) is 71.8 Å². The summed E-state index contributed by atoms with van der Waals surface area (Å²) in [5.74, 6) is 0.716. The smallest absolute Gasteiger partial charge is 0.128 e. The van der Waals surface area contributed by atoms with Gasteiger partial charge in [0, 0.05) is 21.2 Å². The van der Waals surface area contributed by atoms with Crippen LogP contribution in [-0.4, -0.2) is 6.21 Å². The van der Waals surface area contributed by atoms with Crippen molar-refractivity contribution in [2.24, 2.45) is 5.10 Å². The number of benzene rings is 3. The second-order valence-corrected chi connectivity index (χ2v) is 6.74. The summed E-state index contributed by atoms with van der Waals surface area (Å²) >= 11 is 12.3. The lowest BCUT2D eigenvalue weighted by molar-refractivity contribution is 0.306. The summed E-state index contributed by atoms with van der Waals surface area (Å²) in [5, 5.41) is 14.3. The van der Waals surface area contributed by atoms with Crippen LogP contribution in [0.25, 0.3) is 0 Å². The lowest BCUT2D eigenvalue weighted by atomic mass is 10.1. The molecule has 3 aromatic rings. The van der Waals surface area contributed by atoms with Gasteiger partial charge in [-0.3, -0.25) is 0 Å². The molecule has 3 rings (SSSR count). The minimum atomic E-state index is 0.402. The number of rotatable bonds is 7. The van der Waals surface area contributed by atoms with E-state index in [9.17, 15) is 0 Å². The fourth-order valence-electron chi connectivity index (χ4n) is 2.50. The molecule has 0 aliphatic rings. The maximum Gasteiger partial charge on any atom is 0.128 e. The van der Waals surface area contributed by atoms with Crippen LogP contribution in [0.1, 0.15) is 22.3 Å². The molecule has 0 amide bonds. The van der Waals surface area contributed by atoms with E-state index in [4.69, 9.17) is 33.2 Å². The largest absolute Gasteiger partial charge is 0.488 e. The molecular formula is C22H17Cl2N3O. The molecule has 3 aromatic carbocycles. The average molecular weight is 410 g/mol. The Hall–Kier alpha value is -3.00. The third kappa shape index (κ3) is 5.26. The Kier molecular flexibility index (Phi) is 6.91. The van der Waals surface area contributed by atoms with Gasteiger partial charge in [0.05, 0.1) is 24.4 Å². The number of nitrogens with one attached hydrogen (secondary N) is 1. The zero-order chi connectivity index (χ0) is 19.8. The van der Waals surface area contributed by atoms with E-state index in [1.165, 1.54) is 0 Å². The van der Waals surface area contributed by atoms with Crippen molar-refractivity contribution in [1.29, 1.82) is 5.26 Å². The van der Waals surface area contributed by atoms with Gasteiger partial charge >= 0.3 is 0 Å². The maximum absolute atomic E-state index is 8.86. The van der Waals surface area contributed by atoms with Gasteiger partial charge in [0.25, 0.3) is 0 Å². The molecule has 0 radical (unpaired) electrons. The van der Waals surface area contributed by atoms with Crippen LogP contribution in [0.5, 0.6) is 5.75 Å². The predicted molar refractivity (Wildman–Crippen MR) is 113 cm³/mol. The van der Waals surface area contributed by atoms with Crippen molar-refractivity contribution in [3.8, 4) is 11.8 Å². The van der Waals surface area contributed by atoms with E-state index in [1.54, 1.807) is 36.5 Å². The predicted octanol–water partition coefficient (Wildman–Crippen LogP) is 5.57. The van der Waals surface area contributed by atoms with E-state index >= 15 is 0 Å². The Bertz CT molecular complexity index is 991. The molecule has 0 heterocycles. The summed E-state index contributed by atoms with van der Waals surface area (Å²) in [6.07, 6.45) is 1.69. The molecular weight excluding hydrogens is 393 g/mol. The van der Waals surface area contributed by atoms with E-state index in [-0.39, 0.29) is 0 Å². The topological polar surface area (TPSA) is 57.4 Å². The van der Waals surface area contributed by atoms with E-state index < -0.39 is 0 Å². The number of ether oxygens (including phenoxy) is 1. The molecule has 0 aromatic heterocycles. The summed E-state index contributed by atoms with van der Waals surface area (Å²) < 4.78 is 5.91. The van der Waals surface area contributed by atoms with Gasteiger partial charge in [0.2, 0.25) is 0 Å². The van der Waals surface area contributed by atoms with Gasteiger partial charge in [-0.15, -0.1) is 0 Å². The van der Waals surface area contributed by atoms with Gasteiger partial charge in [0.15, 0.2) is 0 Å². The zero-order valence-electron chi connectivity index (χ0n) is 14.9. The quantitative estimate of drug-likeness (QED) is 0.409. The SMILES string of the molecule is N#Cc1ccc(COc2ccccc2/C=N\NCc2c(Cl)cccc2Cl)cc1. The minimum absolute atomic E-state index is 0.402. The second-order valence-electron chi connectivity index (χ2n) is 5.93. The molecule has 4 nitrogen and oxygen atoms in total. The number of nitriles is 1. The Balaban J connectivity index is 1.61. The number of hydrogen-bond donors (Lipinski definition) is 1. The van der Waals surface area contributed by atoms with Gasteiger partial charge in [-0.05, 0) is 42.0 Å². The summed E-state index contributed by atoms with van der Waals surface area (Å²) in [6, 6.07) is 22.4. The van der Waals surface area contributed by atoms with Crippen LogP contribution in [0, 0.1) is 11.3 Å². The Morgan fingerprint density at radius 2 is 1.68 bits per heavy atom. The van der Waals surface area contributed by atoms with Crippen LogP contribution < -0.4 is 10.2 Å². The molecule has 0 fully saturated rings. The molecule has 0 bridgehead atoms. The zero-order valence-corrected chi connectivity index (χ0v) is 16.4. The molecule has 0 saturated carbocycles. The van der Waals surface area contributed by atoms with Crippen molar-refractivity contribution in [2.45, 2.75) is 13.2 Å².